The molecule has 1 spiro atoms. The zero-order valence-electron chi connectivity index (χ0n) is 15.7. The Morgan fingerprint density at radius 2 is 2.19 bits per heavy atom. The number of likely N-dealkylation sites (tertiary alicyclic amines) is 2. The summed E-state index contributed by atoms with van der Waals surface area (Å²) in [5, 5.41) is 0. The largest absolute Gasteiger partial charge is 0.342 e. The van der Waals surface area contributed by atoms with Crippen molar-refractivity contribution in [3.63, 3.8) is 0 Å². The van der Waals surface area contributed by atoms with Crippen molar-refractivity contribution < 1.29 is 9.59 Å². The van der Waals surface area contributed by atoms with Crippen LogP contribution in [0.3, 0.4) is 0 Å². The van der Waals surface area contributed by atoms with Gasteiger partial charge in [0.15, 0.2) is 0 Å². The molecule has 3 heterocycles. The average Bonchev–Trinajstić information content (AvgIpc) is 2.66. The van der Waals surface area contributed by atoms with Crippen molar-refractivity contribution in [1.29, 1.82) is 0 Å². The summed E-state index contributed by atoms with van der Waals surface area (Å²) in [6.07, 6.45) is 12.6. The zero-order valence-corrected chi connectivity index (χ0v) is 15.7. The minimum Gasteiger partial charge on any atom is -0.342 e. The van der Waals surface area contributed by atoms with Crippen molar-refractivity contribution >= 4 is 11.8 Å². The highest BCUT2D eigenvalue weighted by atomic mass is 16.2. The molecule has 1 aromatic heterocycles. The van der Waals surface area contributed by atoms with Gasteiger partial charge in [-0.1, -0.05) is 25.1 Å². The Balaban J connectivity index is 1.65. The molecule has 0 aromatic carbocycles. The Morgan fingerprint density at radius 1 is 1.31 bits per heavy atom. The summed E-state index contributed by atoms with van der Waals surface area (Å²) in [5.41, 5.74) is 1.12. The Bertz CT molecular complexity index is 658. The molecule has 2 saturated heterocycles. The van der Waals surface area contributed by atoms with E-state index in [1.54, 1.807) is 6.20 Å². The standard InChI is InChI=1S/C21H29N3O2/c1-2-3-4-8-19(25)23-13-6-10-21(16-23)11-9-20(26)24(17-21)15-18-7-5-12-22-14-18/h3-5,7,12,14H,2,6,8-11,13,15-17H2,1H3/b4-3+. The SMILES string of the molecule is CC/C=C/CC(=O)N1CCCC2(CCC(=O)N(Cc3cccnc3)C2)C1. The van der Waals surface area contributed by atoms with Crippen molar-refractivity contribution in [3.05, 3.63) is 42.2 Å². The molecule has 0 saturated carbocycles. The first-order valence-electron chi connectivity index (χ1n) is 9.71. The lowest BCUT2D eigenvalue weighted by Crippen LogP contribution is -2.54. The number of rotatable bonds is 5. The summed E-state index contributed by atoms with van der Waals surface area (Å²) in [6.45, 7) is 5.06. The van der Waals surface area contributed by atoms with Gasteiger partial charge in [-0.05, 0) is 37.3 Å². The number of hydrogen-bond acceptors (Lipinski definition) is 3. The molecule has 1 unspecified atom stereocenters. The van der Waals surface area contributed by atoms with Gasteiger partial charge in [-0.2, -0.15) is 0 Å². The van der Waals surface area contributed by atoms with Gasteiger partial charge in [-0.3, -0.25) is 14.6 Å². The van der Waals surface area contributed by atoms with Crippen LogP contribution in [0.25, 0.3) is 0 Å². The maximum Gasteiger partial charge on any atom is 0.226 e. The van der Waals surface area contributed by atoms with Gasteiger partial charge in [0.2, 0.25) is 11.8 Å². The van der Waals surface area contributed by atoms with Gasteiger partial charge in [0.25, 0.3) is 0 Å². The molecule has 2 amide bonds. The molecule has 0 bridgehead atoms. The zero-order chi connectivity index (χ0) is 18.4. The van der Waals surface area contributed by atoms with E-state index in [1.807, 2.05) is 40.3 Å². The van der Waals surface area contributed by atoms with E-state index in [-0.39, 0.29) is 17.2 Å². The van der Waals surface area contributed by atoms with E-state index in [4.69, 9.17) is 0 Å². The van der Waals surface area contributed by atoms with Crippen LogP contribution in [0.15, 0.2) is 36.7 Å². The van der Waals surface area contributed by atoms with E-state index in [1.165, 1.54) is 0 Å². The van der Waals surface area contributed by atoms with Crippen molar-refractivity contribution in [3.8, 4) is 0 Å². The summed E-state index contributed by atoms with van der Waals surface area (Å²) in [6, 6.07) is 3.92. The Labute approximate surface area is 156 Å². The number of allylic oxidation sites excluding steroid dienone is 1. The Kier molecular flexibility index (Phi) is 6.07. The maximum atomic E-state index is 12.5. The van der Waals surface area contributed by atoms with Crippen molar-refractivity contribution in [2.75, 3.05) is 19.6 Å². The molecule has 1 atom stereocenters. The predicted octanol–water partition coefficient (Wildman–Crippen LogP) is 3.17. The molecule has 5 heteroatoms. The minimum atomic E-state index is 0.0541. The van der Waals surface area contributed by atoms with Crippen LogP contribution in [-0.2, 0) is 16.1 Å². The van der Waals surface area contributed by atoms with E-state index in [9.17, 15) is 9.59 Å². The fourth-order valence-electron chi connectivity index (χ4n) is 4.19. The van der Waals surface area contributed by atoms with Gasteiger partial charge < -0.3 is 9.80 Å². The molecule has 2 aliphatic rings. The second kappa shape index (κ2) is 8.47. The van der Waals surface area contributed by atoms with Gasteiger partial charge in [0.1, 0.15) is 0 Å². The highest BCUT2D eigenvalue weighted by Gasteiger charge is 2.42. The van der Waals surface area contributed by atoms with Gasteiger partial charge in [-0.15, -0.1) is 0 Å². The van der Waals surface area contributed by atoms with E-state index >= 15 is 0 Å². The first-order chi connectivity index (χ1) is 12.6. The molecular formula is C21H29N3O2. The molecule has 2 fully saturated rings. The molecule has 2 aliphatic heterocycles. The van der Waals surface area contributed by atoms with E-state index < -0.39 is 0 Å². The normalized spacial score (nSPS) is 23.8. The molecule has 0 radical (unpaired) electrons. The summed E-state index contributed by atoms with van der Waals surface area (Å²) in [5.74, 6) is 0.429. The molecule has 26 heavy (non-hydrogen) atoms. The smallest absolute Gasteiger partial charge is 0.226 e. The summed E-state index contributed by atoms with van der Waals surface area (Å²) < 4.78 is 0. The Hall–Kier alpha value is -2.17. The van der Waals surface area contributed by atoms with Gasteiger partial charge in [-0.25, -0.2) is 0 Å². The van der Waals surface area contributed by atoms with Crippen molar-refractivity contribution in [2.24, 2.45) is 5.41 Å². The molecule has 1 aromatic rings. The first-order valence-corrected chi connectivity index (χ1v) is 9.71. The lowest BCUT2D eigenvalue weighted by molar-refractivity contribution is -0.143. The summed E-state index contributed by atoms with van der Waals surface area (Å²) >= 11 is 0. The third kappa shape index (κ3) is 4.51. The van der Waals surface area contributed by atoms with Crippen LogP contribution in [0.2, 0.25) is 0 Å². The van der Waals surface area contributed by atoms with Crippen LogP contribution in [0.5, 0.6) is 0 Å². The van der Waals surface area contributed by atoms with Gasteiger partial charge >= 0.3 is 0 Å². The fourth-order valence-corrected chi connectivity index (χ4v) is 4.19. The van der Waals surface area contributed by atoms with E-state index in [0.717, 1.165) is 50.9 Å². The molecular weight excluding hydrogens is 326 g/mol. The van der Waals surface area contributed by atoms with E-state index in [0.29, 0.717) is 19.4 Å². The number of aromatic nitrogens is 1. The lowest BCUT2D eigenvalue weighted by Gasteiger charge is -2.48. The van der Waals surface area contributed by atoms with Crippen LogP contribution >= 0.6 is 0 Å². The van der Waals surface area contributed by atoms with Crippen LogP contribution in [0, 0.1) is 5.41 Å². The number of carbonyl (C=O) groups is 2. The van der Waals surface area contributed by atoms with Crippen molar-refractivity contribution in [2.45, 2.75) is 52.0 Å². The second-order valence-corrected chi connectivity index (χ2v) is 7.61. The highest BCUT2D eigenvalue weighted by Crippen LogP contribution is 2.39. The molecule has 5 nitrogen and oxygen atoms in total. The van der Waals surface area contributed by atoms with Crippen LogP contribution in [0.1, 0.15) is 51.0 Å². The number of hydrogen-bond donors (Lipinski definition) is 0. The second-order valence-electron chi connectivity index (χ2n) is 7.61. The maximum absolute atomic E-state index is 12.5. The molecule has 140 valence electrons. The average molecular weight is 355 g/mol. The Morgan fingerprint density at radius 3 is 2.96 bits per heavy atom. The predicted molar refractivity (Wildman–Crippen MR) is 101 cm³/mol. The van der Waals surface area contributed by atoms with Gasteiger partial charge in [0, 0.05) is 56.8 Å². The van der Waals surface area contributed by atoms with Crippen LogP contribution in [-0.4, -0.2) is 46.2 Å². The van der Waals surface area contributed by atoms with E-state index in [2.05, 4.69) is 11.9 Å². The lowest BCUT2D eigenvalue weighted by atomic mass is 9.73. The summed E-state index contributed by atoms with van der Waals surface area (Å²) in [4.78, 5) is 33.1. The monoisotopic (exact) mass is 355 g/mol. The molecule has 3 rings (SSSR count). The number of nitrogens with zero attached hydrogens (tertiary/aromatic N) is 3. The minimum absolute atomic E-state index is 0.0541. The molecule has 0 N–H and O–H groups in total. The number of carbonyl (C=O) groups excluding carboxylic acids is 2. The number of amides is 2. The number of piperidine rings is 2. The van der Waals surface area contributed by atoms with Gasteiger partial charge in [0.05, 0.1) is 0 Å². The van der Waals surface area contributed by atoms with Crippen LogP contribution < -0.4 is 0 Å². The summed E-state index contributed by atoms with van der Waals surface area (Å²) in [7, 11) is 0. The third-order valence-electron chi connectivity index (χ3n) is 5.55. The quantitative estimate of drug-likeness (QED) is 0.763. The van der Waals surface area contributed by atoms with Crippen LogP contribution in [0.4, 0.5) is 0 Å². The van der Waals surface area contributed by atoms with Crippen molar-refractivity contribution in [1.82, 2.24) is 14.8 Å². The fraction of sp³-hybridized carbons (Fsp3) is 0.571. The topological polar surface area (TPSA) is 53.5 Å². The highest BCUT2D eigenvalue weighted by molar-refractivity contribution is 5.79. The first kappa shape index (κ1) is 18.6. The third-order valence-corrected chi connectivity index (χ3v) is 5.55. The molecule has 0 aliphatic carbocycles. The number of pyridine rings is 1.